The van der Waals surface area contributed by atoms with Gasteiger partial charge in [0.1, 0.15) is 0 Å². The van der Waals surface area contributed by atoms with Crippen molar-refractivity contribution in [3.05, 3.63) is 35.4 Å². The Morgan fingerprint density at radius 3 is 2.90 bits per heavy atom. The molecule has 1 aromatic carbocycles. The third-order valence-electron chi connectivity index (χ3n) is 3.77. The number of carbonyl (C=O) groups excluding carboxylic acids is 1. The van der Waals surface area contributed by atoms with Crippen LogP contribution in [0.1, 0.15) is 49.4 Å². The fraction of sp³-hybridized carbons (Fsp3) is 0.471. The van der Waals surface area contributed by atoms with Gasteiger partial charge in [-0.2, -0.15) is 0 Å². The summed E-state index contributed by atoms with van der Waals surface area (Å²) < 4.78 is 0. The van der Waals surface area contributed by atoms with Crippen LogP contribution in [0.15, 0.2) is 29.8 Å². The number of allylic oxidation sites excluding steroid dienone is 1. The van der Waals surface area contributed by atoms with Crippen molar-refractivity contribution in [1.29, 1.82) is 0 Å². The number of hydrogen-bond acceptors (Lipinski definition) is 3. The molecular weight excluding hydrogens is 262 g/mol. The molecule has 0 saturated carbocycles. The SMILES string of the molecule is CCNC(=O)c1ccc(N)cc1NCCC1=CCCCC1. The van der Waals surface area contributed by atoms with E-state index >= 15 is 0 Å². The van der Waals surface area contributed by atoms with Crippen molar-refractivity contribution in [2.45, 2.75) is 39.0 Å². The van der Waals surface area contributed by atoms with Gasteiger partial charge >= 0.3 is 0 Å². The Hall–Kier alpha value is -1.97. The van der Waals surface area contributed by atoms with Crippen LogP contribution in [-0.2, 0) is 0 Å². The van der Waals surface area contributed by atoms with E-state index in [2.05, 4.69) is 16.7 Å². The van der Waals surface area contributed by atoms with Gasteiger partial charge in [-0.3, -0.25) is 4.79 Å². The summed E-state index contributed by atoms with van der Waals surface area (Å²) in [7, 11) is 0. The zero-order valence-electron chi connectivity index (χ0n) is 12.7. The van der Waals surface area contributed by atoms with E-state index in [0.717, 1.165) is 18.7 Å². The first-order chi connectivity index (χ1) is 10.2. The molecular formula is C17H25N3O. The van der Waals surface area contributed by atoms with E-state index in [1.54, 1.807) is 12.1 Å². The Bertz CT molecular complexity index is 523. The van der Waals surface area contributed by atoms with Crippen LogP contribution in [0.5, 0.6) is 0 Å². The highest BCUT2D eigenvalue weighted by Crippen LogP contribution is 2.22. The zero-order chi connectivity index (χ0) is 15.1. The number of benzene rings is 1. The molecule has 21 heavy (non-hydrogen) atoms. The minimum absolute atomic E-state index is 0.0584. The van der Waals surface area contributed by atoms with Gasteiger partial charge in [-0.1, -0.05) is 11.6 Å². The highest BCUT2D eigenvalue weighted by molar-refractivity contribution is 6.00. The smallest absolute Gasteiger partial charge is 0.253 e. The minimum Gasteiger partial charge on any atom is -0.399 e. The molecule has 1 aromatic rings. The molecule has 2 rings (SSSR count). The van der Waals surface area contributed by atoms with Crippen molar-refractivity contribution in [3.8, 4) is 0 Å². The van der Waals surface area contributed by atoms with Crippen LogP contribution in [0.2, 0.25) is 0 Å². The first kappa shape index (κ1) is 15.4. The largest absolute Gasteiger partial charge is 0.399 e. The van der Waals surface area contributed by atoms with Gasteiger partial charge in [-0.05, 0) is 57.2 Å². The van der Waals surface area contributed by atoms with Crippen LogP contribution < -0.4 is 16.4 Å². The Balaban J connectivity index is 1.99. The van der Waals surface area contributed by atoms with Crippen molar-refractivity contribution in [3.63, 3.8) is 0 Å². The quantitative estimate of drug-likeness (QED) is 0.555. The third kappa shape index (κ3) is 4.52. The topological polar surface area (TPSA) is 67.2 Å². The van der Waals surface area contributed by atoms with Gasteiger partial charge in [-0.25, -0.2) is 0 Å². The molecule has 0 bridgehead atoms. The lowest BCUT2D eigenvalue weighted by atomic mass is 9.97. The second kappa shape index (κ2) is 7.72. The predicted octanol–water partition coefficient (Wildman–Crippen LogP) is 3.32. The molecule has 0 aromatic heterocycles. The van der Waals surface area contributed by atoms with Gasteiger partial charge in [0.15, 0.2) is 0 Å². The van der Waals surface area contributed by atoms with Crippen molar-refractivity contribution in [2.24, 2.45) is 0 Å². The van der Waals surface area contributed by atoms with E-state index in [1.165, 1.54) is 31.3 Å². The fourth-order valence-electron chi connectivity index (χ4n) is 2.65. The summed E-state index contributed by atoms with van der Waals surface area (Å²) in [6, 6.07) is 5.38. The molecule has 4 heteroatoms. The molecule has 0 unspecified atom stereocenters. The minimum atomic E-state index is -0.0584. The van der Waals surface area contributed by atoms with Crippen molar-refractivity contribution >= 4 is 17.3 Å². The molecule has 4 nitrogen and oxygen atoms in total. The van der Waals surface area contributed by atoms with Gasteiger partial charge in [0.25, 0.3) is 5.91 Å². The van der Waals surface area contributed by atoms with Crippen molar-refractivity contribution in [1.82, 2.24) is 5.32 Å². The Kier molecular flexibility index (Phi) is 5.67. The van der Waals surface area contributed by atoms with E-state index in [1.807, 2.05) is 13.0 Å². The molecule has 1 aliphatic carbocycles. The molecule has 0 heterocycles. The second-order valence-corrected chi connectivity index (χ2v) is 5.45. The maximum atomic E-state index is 12.0. The lowest BCUT2D eigenvalue weighted by Gasteiger charge is -2.15. The zero-order valence-corrected chi connectivity index (χ0v) is 12.7. The van der Waals surface area contributed by atoms with Crippen LogP contribution in [0.25, 0.3) is 0 Å². The number of hydrogen-bond donors (Lipinski definition) is 3. The Morgan fingerprint density at radius 2 is 2.19 bits per heavy atom. The fourth-order valence-corrected chi connectivity index (χ4v) is 2.65. The molecule has 0 aliphatic heterocycles. The summed E-state index contributed by atoms with van der Waals surface area (Å²) in [5, 5.41) is 6.19. The molecule has 114 valence electrons. The standard InChI is InChI=1S/C17H25N3O/c1-2-19-17(21)15-9-8-14(18)12-16(15)20-11-10-13-6-4-3-5-7-13/h6,8-9,12,20H,2-5,7,10-11,18H2,1H3,(H,19,21). The predicted molar refractivity (Wildman–Crippen MR) is 88.5 cm³/mol. The van der Waals surface area contributed by atoms with E-state index < -0.39 is 0 Å². The number of amides is 1. The Morgan fingerprint density at radius 1 is 1.33 bits per heavy atom. The van der Waals surface area contributed by atoms with Crippen molar-refractivity contribution in [2.75, 3.05) is 24.1 Å². The van der Waals surface area contributed by atoms with Gasteiger partial charge in [-0.15, -0.1) is 0 Å². The summed E-state index contributed by atoms with van der Waals surface area (Å²) in [5.41, 5.74) is 9.50. The summed E-state index contributed by atoms with van der Waals surface area (Å²) in [6.45, 7) is 3.37. The average Bonchev–Trinajstić information content (AvgIpc) is 2.49. The molecule has 1 amide bonds. The summed E-state index contributed by atoms with van der Waals surface area (Å²) in [5.74, 6) is -0.0584. The summed E-state index contributed by atoms with van der Waals surface area (Å²) >= 11 is 0. The van der Waals surface area contributed by atoms with E-state index in [9.17, 15) is 4.79 Å². The molecule has 0 atom stereocenters. The lowest BCUT2D eigenvalue weighted by Crippen LogP contribution is -2.24. The number of anilines is 2. The van der Waals surface area contributed by atoms with Gasteiger partial charge in [0.05, 0.1) is 5.56 Å². The first-order valence-corrected chi connectivity index (χ1v) is 7.80. The maximum absolute atomic E-state index is 12.0. The van der Waals surface area contributed by atoms with Crippen LogP contribution in [0.4, 0.5) is 11.4 Å². The maximum Gasteiger partial charge on any atom is 0.253 e. The third-order valence-corrected chi connectivity index (χ3v) is 3.77. The highest BCUT2D eigenvalue weighted by atomic mass is 16.1. The van der Waals surface area contributed by atoms with E-state index in [0.29, 0.717) is 17.8 Å². The molecule has 0 fully saturated rings. The van der Waals surface area contributed by atoms with Crippen molar-refractivity contribution < 1.29 is 4.79 Å². The second-order valence-electron chi connectivity index (χ2n) is 5.45. The van der Waals surface area contributed by atoms with Gasteiger partial charge in [0, 0.05) is 24.5 Å². The summed E-state index contributed by atoms with van der Waals surface area (Å²) in [4.78, 5) is 12.0. The highest BCUT2D eigenvalue weighted by Gasteiger charge is 2.11. The molecule has 0 saturated heterocycles. The van der Waals surface area contributed by atoms with Crippen LogP contribution in [0, 0.1) is 0 Å². The molecule has 0 spiro atoms. The van der Waals surface area contributed by atoms with Crippen LogP contribution >= 0.6 is 0 Å². The number of carbonyl (C=O) groups is 1. The monoisotopic (exact) mass is 287 g/mol. The number of rotatable bonds is 6. The number of nitrogens with two attached hydrogens (primary N) is 1. The van der Waals surface area contributed by atoms with Gasteiger partial charge in [0.2, 0.25) is 0 Å². The average molecular weight is 287 g/mol. The molecule has 1 aliphatic rings. The lowest BCUT2D eigenvalue weighted by molar-refractivity contribution is 0.0956. The van der Waals surface area contributed by atoms with E-state index in [4.69, 9.17) is 5.73 Å². The normalized spacial score (nSPS) is 14.4. The Labute approximate surface area is 126 Å². The molecule has 4 N–H and O–H groups in total. The van der Waals surface area contributed by atoms with E-state index in [-0.39, 0.29) is 5.91 Å². The molecule has 0 radical (unpaired) electrons. The number of nitrogen functional groups attached to an aromatic ring is 1. The number of nitrogens with one attached hydrogen (secondary N) is 2. The van der Waals surface area contributed by atoms with Crippen LogP contribution in [0.3, 0.4) is 0 Å². The first-order valence-electron chi connectivity index (χ1n) is 7.80. The van der Waals surface area contributed by atoms with Gasteiger partial charge < -0.3 is 16.4 Å². The summed E-state index contributed by atoms with van der Waals surface area (Å²) in [6.07, 6.45) is 8.42. The van der Waals surface area contributed by atoms with Crippen LogP contribution in [-0.4, -0.2) is 19.0 Å².